The summed E-state index contributed by atoms with van der Waals surface area (Å²) in [5.74, 6) is 0.483. The largest absolute Gasteiger partial charge is 0.489 e. The minimum Gasteiger partial charge on any atom is -0.489 e. The monoisotopic (exact) mass is 264 g/mol. The summed E-state index contributed by atoms with van der Waals surface area (Å²) in [7, 11) is 0. The van der Waals surface area contributed by atoms with Crippen molar-refractivity contribution in [3.63, 3.8) is 0 Å². The molecule has 0 saturated heterocycles. The maximum Gasteiger partial charge on any atom is 0.124 e. The molecular weight excluding hydrogens is 251 g/mol. The van der Waals surface area contributed by atoms with E-state index in [0.29, 0.717) is 11.6 Å². The minimum atomic E-state index is -0.338. The van der Waals surface area contributed by atoms with Gasteiger partial charge in [-0.05, 0) is 37.6 Å². The molecule has 1 nitrogen and oxygen atoms in total. The lowest BCUT2D eigenvalue weighted by atomic mass is 10.1. The summed E-state index contributed by atoms with van der Waals surface area (Å²) in [5.41, 5.74) is 3.05. The third-order valence-electron chi connectivity index (χ3n) is 2.73. The molecule has 0 heterocycles. The second-order valence-electron chi connectivity index (χ2n) is 4.29. The van der Waals surface area contributed by atoms with E-state index in [9.17, 15) is 4.39 Å². The first-order chi connectivity index (χ1) is 8.56. The van der Waals surface area contributed by atoms with E-state index in [4.69, 9.17) is 16.3 Å². The number of ether oxygens (including phenoxy) is 1. The van der Waals surface area contributed by atoms with Crippen LogP contribution in [0.5, 0.6) is 5.75 Å². The van der Waals surface area contributed by atoms with Crippen LogP contribution in [0.25, 0.3) is 0 Å². The van der Waals surface area contributed by atoms with E-state index < -0.39 is 0 Å². The number of aryl methyl sites for hydroxylation is 2. The van der Waals surface area contributed by atoms with Crippen molar-refractivity contribution in [3.05, 3.63) is 63.9 Å². The van der Waals surface area contributed by atoms with Crippen LogP contribution in [0.2, 0.25) is 5.02 Å². The van der Waals surface area contributed by atoms with Crippen molar-refractivity contribution < 1.29 is 9.13 Å². The molecule has 2 rings (SSSR count). The van der Waals surface area contributed by atoms with E-state index >= 15 is 0 Å². The van der Waals surface area contributed by atoms with Gasteiger partial charge in [0.2, 0.25) is 0 Å². The molecule has 94 valence electrons. The molecule has 0 aliphatic carbocycles. The van der Waals surface area contributed by atoms with Crippen LogP contribution in [0.15, 0.2) is 36.4 Å². The van der Waals surface area contributed by atoms with Gasteiger partial charge in [0, 0.05) is 5.56 Å². The summed E-state index contributed by atoms with van der Waals surface area (Å²) < 4.78 is 18.6. The molecule has 2 aromatic rings. The van der Waals surface area contributed by atoms with Gasteiger partial charge in [-0.25, -0.2) is 4.39 Å². The molecule has 0 aliphatic rings. The van der Waals surface area contributed by atoms with Crippen molar-refractivity contribution in [2.75, 3.05) is 0 Å². The van der Waals surface area contributed by atoms with Crippen LogP contribution in [0, 0.1) is 19.7 Å². The van der Waals surface area contributed by atoms with Crippen molar-refractivity contribution >= 4 is 11.6 Å². The van der Waals surface area contributed by atoms with Crippen LogP contribution in [0.4, 0.5) is 4.39 Å². The fraction of sp³-hybridized carbons (Fsp3) is 0.200. The average molecular weight is 265 g/mol. The van der Waals surface area contributed by atoms with Gasteiger partial charge in [-0.15, -0.1) is 0 Å². The Morgan fingerprint density at radius 2 is 1.89 bits per heavy atom. The van der Waals surface area contributed by atoms with Crippen molar-refractivity contribution in [1.29, 1.82) is 0 Å². The first-order valence-electron chi connectivity index (χ1n) is 5.70. The van der Waals surface area contributed by atoms with Crippen molar-refractivity contribution in [2.24, 2.45) is 0 Å². The molecule has 0 atom stereocenters. The quantitative estimate of drug-likeness (QED) is 0.782. The summed E-state index contributed by atoms with van der Waals surface area (Å²) in [6.07, 6.45) is 0. The molecule has 0 bridgehead atoms. The normalized spacial score (nSPS) is 10.4. The summed E-state index contributed by atoms with van der Waals surface area (Å²) in [5, 5.41) is 0.389. The molecule has 0 aliphatic heterocycles. The number of halogens is 2. The minimum absolute atomic E-state index is 0.336. The highest BCUT2D eigenvalue weighted by Gasteiger charge is 2.04. The van der Waals surface area contributed by atoms with Gasteiger partial charge in [-0.2, -0.15) is 0 Å². The van der Waals surface area contributed by atoms with Gasteiger partial charge >= 0.3 is 0 Å². The third kappa shape index (κ3) is 3.02. The maximum atomic E-state index is 12.9. The van der Waals surface area contributed by atoms with Gasteiger partial charge in [0.15, 0.2) is 0 Å². The highest BCUT2D eigenvalue weighted by atomic mass is 35.5. The summed E-state index contributed by atoms with van der Waals surface area (Å²) in [4.78, 5) is 0. The Morgan fingerprint density at radius 3 is 2.56 bits per heavy atom. The molecule has 0 saturated carbocycles. The van der Waals surface area contributed by atoms with Gasteiger partial charge in [0.1, 0.15) is 18.2 Å². The SMILES string of the molecule is Cc1ccc(OCc2ccc(F)cc2Cl)c(C)c1. The number of rotatable bonds is 3. The molecule has 0 radical (unpaired) electrons. The number of benzene rings is 2. The van der Waals surface area contributed by atoms with Crippen LogP contribution in [0.1, 0.15) is 16.7 Å². The Kier molecular flexibility index (Phi) is 3.87. The van der Waals surface area contributed by atoms with Crippen LogP contribution in [0.3, 0.4) is 0 Å². The summed E-state index contributed by atoms with van der Waals surface area (Å²) >= 11 is 5.94. The fourth-order valence-corrected chi connectivity index (χ4v) is 1.98. The zero-order valence-electron chi connectivity index (χ0n) is 10.3. The molecule has 0 unspecified atom stereocenters. The zero-order chi connectivity index (χ0) is 13.1. The van der Waals surface area contributed by atoms with Crippen molar-refractivity contribution in [3.8, 4) is 5.75 Å². The van der Waals surface area contributed by atoms with Crippen molar-refractivity contribution in [1.82, 2.24) is 0 Å². The number of hydrogen-bond donors (Lipinski definition) is 0. The van der Waals surface area contributed by atoms with Crippen LogP contribution >= 0.6 is 11.6 Å². The third-order valence-corrected chi connectivity index (χ3v) is 3.08. The molecule has 0 fully saturated rings. The fourth-order valence-electron chi connectivity index (χ4n) is 1.76. The molecule has 0 N–H and O–H groups in total. The molecule has 3 heteroatoms. The lowest BCUT2D eigenvalue weighted by molar-refractivity contribution is 0.304. The number of hydrogen-bond acceptors (Lipinski definition) is 1. The topological polar surface area (TPSA) is 9.23 Å². The molecule has 2 aromatic carbocycles. The molecule has 18 heavy (non-hydrogen) atoms. The predicted molar refractivity (Wildman–Crippen MR) is 71.7 cm³/mol. The predicted octanol–water partition coefficient (Wildman–Crippen LogP) is 4.67. The first-order valence-corrected chi connectivity index (χ1v) is 6.08. The molecule has 0 spiro atoms. The van der Waals surface area contributed by atoms with Gasteiger partial charge in [0.25, 0.3) is 0 Å². The second kappa shape index (κ2) is 5.40. The van der Waals surface area contributed by atoms with Gasteiger partial charge in [-0.1, -0.05) is 35.4 Å². The highest BCUT2D eigenvalue weighted by molar-refractivity contribution is 6.31. The van der Waals surface area contributed by atoms with Crippen LogP contribution in [-0.2, 0) is 6.61 Å². The Hall–Kier alpha value is -1.54. The van der Waals surface area contributed by atoms with E-state index in [1.165, 1.54) is 17.7 Å². The summed E-state index contributed by atoms with van der Waals surface area (Å²) in [6, 6.07) is 10.3. The van der Waals surface area contributed by atoms with Crippen LogP contribution in [-0.4, -0.2) is 0 Å². The maximum absolute atomic E-state index is 12.9. The van der Waals surface area contributed by atoms with E-state index in [0.717, 1.165) is 16.9 Å². The van der Waals surface area contributed by atoms with E-state index in [1.54, 1.807) is 6.07 Å². The van der Waals surface area contributed by atoms with E-state index in [1.807, 2.05) is 26.0 Å². The first kappa shape index (κ1) is 12.9. The Labute approximate surface area is 111 Å². The lowest BCUT2D eigenvalue weighted by Crippen LogP contribution is -1.98. The van der Waals surface area contributed by atoms with Gasteiger partial charge in [0.05, 0.1) is 5.02 Å². The van der Waals surface area contributed by atoms with Crippen LogP contribution < -0.4 is 4.74 Å². The Balaban J connectivity index is 2.11. The standard InChI is InChI=1S/C15H14ClFO/c1-10-3-6-15(11(2)7-10)18-9-12-4-5-13(17)8-14(12)16/h3-8H,9H2,1-2H3. The van der Waals surface area contributed by atoms with Gasteiger partial charge in [-0.3, -0.25) is 0 Å². The molecule has 0 amide bonds. The Morgan fingerprint density at radius 1 is 1.11 bits per heavy atom. The highest BCUT2D eigenvalue weighted by Crippen LogP contribution is 2.23. The zero-order valence-corrected chi connectivity index (χ0v) is 11.1. The second-order valence-corrected chi connectivity index (χ2v) is 4.70. The molecular formula is C15H14ClFO. The summed E-state index contributed by atoms with van der Waals surface area (Å²) in [6.45, 7) is 4.37. The van der Waals surface area contributed by atoms with Gasteiger partial charge < -0.3 is 4.74 Å². The van der Waals surface area contributed by atoms with Crippen molar-refractivity contribution in [2.45, 2.75) is 20.5 Å². The van der Waals surface area contributed by atoms with E-state index in [-0.39, 0.29) is 5.82 Å². The van der Waals surface area contributed by atoms with E-state index in [2.05, 4.69) is 6.07 Å². The molecule has 0 aromatic heterocycles. The lowest BCUT2D eigenvalue weighted by Gasteiger charge is -2.10. The average Bonchev–Trinajstić information content (AvgIpc) is 2.30. The Bertz CT molecular complexity index is 515. The smallest absolute Gasteiger partial charge is 0.124 e.